The van der Waals surface area contributed by atoms with Crippen molar-refractivity contribution in [3.05, 3.63) is 29.3 Å². The van der Waals surface area contributed by atoms with Crippen LogP contribution >= 0.6 is 23.1 Å². The molecule has 0 aliphatic carbocycles. The van der Waals surface area contributed by atoms with Gasteiger partial charge in [-0.05, 0) is 25.5 Å². The van der Waals surface area contributed by atoms with Gasteiger partial charge in [-0.25, -0.2) is 0 Å². The molecule has 1 saturated heterocycles. The fourth-order valence-electron chi connectivity index (χ4n) is 2.08. The predicted octanol–water partition coefficient (Wildman–Crippen LogP) is 3.31. The lowest BCUT2D eigenvalue weighted by Crippen LogP contribution is -2.08. The third-order valence-electron chi connectivity index (χ3n) is 3.16. The van der Waals surface area contributed by atoms with Gasteiger partial charge < -0.3 is 10.1 Å². The molecule has 7 heteroatoms. The van der Waals surface area contributed by atoms with Gasteiger partial charge in [-0.1, -0.05) is 40.8 Å². The van der Waals surface area contributed by atoms with Crippen molar-refractivity contribution in [2.75, 3.05) is 11.9 Å². The zero-order chi connectivity index (χ0) is 14.8. The van der Waals surface area contributed by atoms with E-state index < -0.39 is 0 Å². The highest BCUT2D eigenvalue weighted by atomic mass is 32.2. The topological polar surface area (TPSA) is 64.1 Å². The van der Waals surface area contributed by atoms with E-state index in [0.29, 0.717) is 6.61 Å². The lowest BCUT2D eigenvalue weighted by Gasteiger charge is -2.06. The fraction of sp³-hybridized carbons (Fsp3) is 0.357. The zero-order valence-electron chi connectivity index (χ0n) is 11.8. The number of benzene rings is 1. The number of hydrogen-bond acceptors (Lipinski definition) is 7. The zero-order valence-corrected chi connectivity index (χ0v) is 13.4. The number of carbonyl (C=O) groups excluding carboxylic acids is 1. The van der Waals surface area contributed by atoms with Crippen LogP contribution < -0.4 is 5.32 Å². The second-order valence-electron chi connectivity index (χ2n) is 4.88. The normalized spacial score (nSPS) is 17.8. The minimum atomic E-state index is -0.154. The highest BCUT2D eigenvalue weighted by Gasteiger charge is 2.28. The van der Waals surface area contributed by atoms with Crippen LogP contribution in [0, 0.1) is 13.8 Å². The molecule has 0 unspecified atom stereocenters. The Balaban J connectivity index is 1.68. The molecule has 0 saturated carbocycles. The van der Waals surface area contributed by atoms with Crippen LogP contribution in [0.5, 0.6) is 0 Å². The maximum Gasteiger partial charge on any atom is 0.319 e. The van der Waals surface area contributed by atoms with Gasteiger partial charge in [0.25, 0.3) is 0 Å². The Kier molecular flexibility index (Phi) is 4.12. The molecular formula is C14H15N3O2S2. The minimum Gasteiger partial charge on any atom is -0.465 e. The van der Waals surface area contributed by atoms with Crippen molar-refractivity contribution in [1.82, 2.24) is 10.2 Å². The smallest absolute Gasteiger partial charge is 0.319 e. The molecule has 0 radical (unpaired) electrons. The minimum absolute atomic E-state index is 0.146. The molecule has 1 fully saturated rings. The Morgan fingerprint density at radius 3 is 2.95 bits per heavy atom. The van der Waals surface area contributed by atoms with E-state index in [1.807, 2.05) is 6.07 Å². The first-order chi connectivity index (χ1) is 10.1. The first kappa shape index (κ1) is 14.3. The Hall–Kier alpha value is -1.60. The highest BCUT2D eigenvalue weighted by Crippen LogP contribution is 2.34. The molecule has 1 N–H and O–H groups in total. The number of esters is 1. The number of nitrogens with zero attached hydrogens (tertiary/aromatic N) is 2. The largest absolute Gasteiger partial charge is 0.465 e. The van der Waals surface area contributed by atoms with Gasteiger partial charge in [-0.15, -0.1) is 10.2 Å². The van der Waals surface area contributed by atoms with Gasteiger partial charge in [0.1, 0.15) is 5.25 Å². The number of carbonyl (C=O) groups is 1. The van der Waals surface area contributed by atoms with Crippen LogP contribution in [0.25, 0.3) is 0 Å². The predicted molar refractivity (Wildman–Crippen MR) is 84.3 cm³/mol. The molecule has 1 aromatic heterocycles. The Morgan fingerprint density at radius 2 is 2.24 bits per heavy atom. The van der Waals surface area contributed by atoms with Gasteiger partial charge in [0.05, 0.1) is 6.61 Å². The van der Waals surface area contributed by atoms with Crippen LogP contribution in [0.3, 0.4) is 0 Å². The van der Waals surface area contributed by atoms with E-state index in [0.717, 1.165) is 21.6 Å². The second kappa shape index (κ2) is 6.03. The summed E-state index contributed by atoms with van der Waals surface area (Å²) in [7, 11) is 0. The van der Waals surface area contributed by atoms with E-state index in [9.17, 15) is 4.79 Å². The molecule has 5 nitrogen and oxygen atoms in total. The van der Waals surface area contributed by atoms with E-state index in [1.54, 1.807) is 0 Å². The van der Waals surface area contributed by atoms with Crippen LogP contribution in [0.4, 0.5) is 10.8 Å². The molecule has 1 atom stereocenters. The molecule has 2 aromatic rings. The molecule has 1 aliphatic heterocycles. The van der Waals surface area contributed by atoms with Gasteiger partial charge in [0, 0.05) is 12.1 Å². The molecule has 0 bridgehead atoms. The van der Waals surface area contributed by atoms with E-state index >= 15 is 0 Å². The van der Waals surface area contributed by atoms with Crippen molar-refractivity contribution in [3.63, 3.8) is 0 Å². The molecule has 2 heterocycles. The van der Waals surface area contributed by atoms with Gasteiger partial charge in [-0.3, -0.25) is 4.79 Å². The summed E-state index contributed by atoms with van der Waals surface area (Å²) in [5, 5.41) is 12.1. The molecule has 110 valence electrons. The van der Waals surface area contributed by atoms with Crippen molar-refractivity contribution in [1.29, 1.82) is 0 Å². The van der Waals surface area contributed by atoms with E-state index in [4.69, 9.17) is 4.74 Å². The summed E-state index contributed by atoms with van der Waals surface area (Å²) in [6.45, 7) is 4.63. The number of ether oxygens (including phenoxy) is 1. The standard InChI is InChI=1S/C14H15N3O2S2/c1-8-3-4-10(9(2)7-8)15-13-16-17-14(21-13)20-11-5-6-19-12(11)18/h3-4,7,11H,5-6H2,1-2H3,(H,15,16)/t11-/m0/s1. The van der Waals surface area contributed by atoms with Crippen molar-refractivity contribution in [2.24, 2.45) is 0 Å². The average Bonchev–Trinajstić information content (AvgIpc) is 3.04. The molecule has 1 aromatic carbocycles. The fourth-order valence-corrected chi connectivity index (χ4v) is 4.06. The number of hydrogen-bond donors (Lipinski definition) is 1. The summed E-state index contributed by atoms with van der Waals surface area (Å²) in [4.78, 5) is 11.5. The summed E-state index contributed by atoms with van der Waals surface area (Å²) in [6.07, 6.45) is 0.739. The molecule has 0 spiro atoms. The average molecular weight is 321 g/mol. The van der Waals surface area contributed by atoms with Crippen LogP contribution in [-0.2, 0) is 9.53 Å². The van der Waals surface area contributed by atoms with Crippen LogP contribution in [0.1, 0.15) is 17.5 Å². The number of aryl methyl sites for hydroxylation is 2. The first-order valence-electron chi connectivity index (χ1n) is 6.63. The summed E-state index contributed by atoms with van der Waals surface area (Å²) in [6, 6.07) is 6.21. The lowest BCUT2D eigenvalue weighted by atomic mass is 10.1. The third kappa shape index (κ3) is 3.36. The van der Waals surface area contributed by atoms with Crippen LogP contribution in [0.15, 0.2) is 22.5 Å². The summed E-state index contributed by atoms with van der Waals surface area (Å²) in [5.41, 5.74) is 3.42. The number of nitrogens with one attached hydrogen (secondary N) is 1. The summed E-state index contributed by atoms with van der Waals surface area (Å²) in [5.74, 6) is -0.154. The number of cyclic esters (lactones) is 1. The van der Waals surface area contributed by atoms with E-state index in [2.05, 4.69) is 41.5 Å². The molecule has 1 aliphatic rings. The SMILES string of the molecule is Cc1ccc(Nc2nnc(S[C@H]3CCOC3=O)s2)c(C)c1. The van der Waals surface area contributed by atoms with Crippen molar-refractivity contribution < 1.29 is 9.53 Å². The number of rotatable bonds is 4. The number of anilines is 2. The van der Waals surface area contributed by atoms with Crippen LogP contribution in [0.2, 0.25) is 0 Å². The first-order valence-corrected chi connectivity index (χ1v) is 8.32. The summed E-state index contributed by atoms with van der Waals surface area (Å²) < 4.78 is 5.73. The van der Waals surface area contributed by atoms with Crippen molar-refractivity contribution >= 4 is 39.9 Å². The van der Waals surface area contributed by atoms with E-state index in [1.165, 1.54) is 34.2 Å². The molecule has 3 rings (SSSR count). The van der Waals surface area contributed by atoms with E-state index in [-0.39, 0.29) is 11.2 Å². The Morgan fingerprint density at radius 1 is 1.38 bits per heavy atom. The monoisotopic (exact) mass is 321 g/mol. The van der Waals surface area contributed by atoms with Crippen LogP contribution in [-0.4, -0.2) is 28.0 Å². The molecular weight excluding hydrogens is 306 g/mol. The number of thioether (sulfide) groups is 1. The summed E-state index contributed by atoms with van der Waals surface area (Å²) >= 11 is 2.88. The number of aromatic nitrogens is 2. The van der Waals surface area contributed by atoms with Gasteiger partial charge >= 0.3 is 5.97 Å². The molecule has 21 heavy (non-hydrogen) atoms. The van der Waals surface area contributed by atoms with Crippen molar-refractivity contribution in [3.8, 4) is 0 Å². The second-order valence-corrected chi connectivity index (χ2v) is 7.31. The third-order valence-corrected chi connectivity index (χ3v) is 5.33. The Bertz CT molecular complexity index is 672. The van der Waals surface area contributed by atoms with Gasteiger partial charge in [-0.2, -0.15) is 0 Å². The van der Waals surface area contributed by atoms with Crippen molar-refractivity contribution in [2.45, 2.75) is 29.9 Å². The molecule has 0 amide bonds. The lowest BCUT2D eigenvalue weighted by molar-refractivity contribution is -0.137. The quantitative estimate of drug-likeness (QED) is 0.872. The van der Waals surface area contributed by atoms with Gasteiger partial charge in [0.2, 0.25) is 5.13 Å². The highest BCUT2D eigenvalue weighted by molar-refractivity contribution is 8.02. The Labute approximate surface area is 131 Å². The maximum absolute atomic E-state index is 11.5. The van der Waals surface area contributed by atoms with Gasteiger partial charge in [0.15, 0.2) is 4.34 Å². The maximum atomic E-state index is 11.5.